The zero-order valence-corrected chi connectivity index (χ0v) is 25.0. The molecule has 4 rings (SSSR count). The summed E-state index contributed by atoms with van der Waals surface area (Å²) in [5.74, 6) is -3.54. The number of halogens is 3. The molecule has 0 spiro atoms. The molecule has 2 fully saturated rings. The molecule has 0 radical (unpaired) electrons. The van der Waals surface area contributed by atoms with Gasteiger partial charge in [0, 0.05) is 43.9 Å². The third kappa shape index (κ3) is 11.2. The lowest BCUT2D eigenvalue weighted by Crippen LogP contribution is -2.48. The summed E-state index contributed by atoms with van der Waals surface area (Å²) in [5, 5.41) is 6.28. The first kappa shape index (κ1) is 36.9. The van der Waals surface area contributed by atoms with Crippen LogP contribution in [0.25, 0.3) is 0 Å². The first-order valence-corrected chi connectivity index (χ1v) is 13.7. The van der Waals surface area contributed by atoms with Crippen molar-refractivity contribution in [2.75, 3.05) is 13.1 Å². The number of amides is 2. The monoisotopic (exact) mass is 613 g/mol. The van der Waals surface area contributed by atoms with Crippen molar-refractivity contribution in [3.05, 3.63) is 71.5 Å². The molecule has 10 heteroatoms. The van der Waals surface area contributed by atoms with E-state index in [0.717, 1.165) is 37.1 Å². The molecule has 230 valence electrons. The van der Waals surface area contributed by atoms with Gasteiger partial charge in [0.15, 0.2) is 0 Å². The summed E-state index contributed by atoms with van der Waals surface area (Å²) in [6.07, 6.45) is 2.58. The summed E-state index contributed by atoms with van der Waals surface area (Å²) in [5.41, 5.74) is 1.79. The number of piperidine rings is 1. The maximum Gasteiger partial charge on any atom is 0.248 e. The van der Waals surface area contributed by atoms with Crippen molar-refractivity contribution < 1.29 is 22.8 Å². The van der Waals surface area contributed by atoms with Crippen LogP contribution in [0.5, 0.6) is 0 Å². The fourth-order valence-electron chi connectivity index (χ4n) is 5.60. The second-order valence-corrected chi connectivity index (χ2v) is 10.9. The van der Waals surface area contributed by atoms with Gasteiger partial charge < -0.3 is 15.5 Å². The molecule has 1 aliphatic heterocycles. The summed E-state index contributed by atoms with van der Waals surface area (Å²) >= 11 is 0. The van der Waals surface area contributed by atoms with Crippen LogP contribution in [0, 0.1) is 11.7 Å². The van der Waals surface area contributed by atoms with Gasteiger partial charge in [-0.1, -0.05) is 49.9 Å². The molecule has 2 aromatic carbocycles. The van der Waals surface area contributed by atoms with Crippen molar-refractivity contribution in [2.24, 2.45) is 5.92 Å². The van der Waals surface area contributed by atoms with Crippen LogP contribution >= 0.6 is 27.0 Å². The van der Waals surface area contributed by atoms with Gasteiger partial charge in [0.2, 0.25) is 17.7 Å². The highest BCUT2D eigenvalue weighted by Crippen LogP contribution is 2.36. The Morgan fingerprint density at radius 3 is 2.12 bits per heavy atom. The smallest absolute Gasteiger partial charge is 0.248 e. The zero-order valence-electron chi connectivity index (χ0n) is 23.0. The maximum atomic E-state index is 13.6. The van der Waals surface area contributed by atoms with E-state index >= 15 is 0 Å². The number of rotatable bonds is 9. The third-order valence-electron chi connectivity index (χ3n) is 7.98. The molecular formula is C31H46F3N3O2S2. The van der Waals surface area contributed by atoms with Crippen molar-refractivity contribution in [2.45, 2.75) is 89.8 Å². The number of benzene rings is 2. The SMILES string of the molecule is C.C[C@@H](C[C@H](NC(=O)C1CCC(F)(F)CC1)c1ccccc1)N1CCC(NC(=O)Cc2ccc(F)cc2)CC1.S.S. The number of alkyl halides is 2. The molecule has 0 unspecified atom stereocenters. The molecule has 1 heterocycles. The predicted molar refractivity (Wildman–Crippen MR) is 169 cm³/mol. The van der Waals surface area contributed by atoms with E-state index in [1.807, 2.05) is 30.3 Å². The highest BCUT2D eigenvalue weighted by atomic mass is 32.1. The molecule has 0 bridgehead atoms. The van der Waals surface area contributed by atoms with Crippen molar-refractivity contribution in [1.82, 2.24) is 15.5 Å². The standard InChI is InChI=1S/C30H38F3N3O2.CH4.2H2S/c1-21(36-17-13-26(14-18-36)34-28(37)20-22-7-9-25(31)10-8-22)19-27(23-5-3-2-4-6-23)35-29(38)24-11-15-30(32,33)16-12-24;;;/h2-10,21,24,26-27H,11-20H2,1H3,(H,34,37)(H,35,38);1H4;2*1H2/t21-,27-;;;/m0.../s1. The van der Waals surface area contributed by atoms with Gasteiger partial charge in [-0.15, -0.1) is 0 Å². The largest absolute Gasteiger partial charge is 0.353 e. The molecular weight excluding hydrogens is 567 g/mol. The first-order chi connectivity index (χ1) is 18.2. The number of likely N-dealkylation sites (tertiary alicyclic amines) is 1. The Hall–Kier alpha value is -2.17. The van der Waals surface area contributed by atoms with Gasteiger partial charge in [0.05, 0.1) is 12.5 Å². The van der Waals surface area contributed by atoms with Gasteiger partial charge in [0.25, 0.3) is 0 Å². The average molecular weight is 614 g/mol. The van der Waals surface area contributed by atoms with Crippen LogP contribution in [0.4, 0.5) is 13.2 Å². The van der Waals surface area contributed by atoms with Gasteiger partial charge >= 0.3 is 0 Å². The molecule has 1 saturated heterocycles. The average Bonchev–Trinajstić information content (AvgIpc) is 2.90. The van der Waals surface area contributed by atoms with E-state index < -0.39 is 5.92 Å². The normalized spacial score (nSPS) is 18.9. The van der Waals surface area contributed by atoms with E-state index in [1.54, 1.807) is 12.1 Å². The Morgan fingerprint density at radius 2 is 1.54 bits per heavy atom. The first-order valence-electron chi connectivity index (χ1n) is 13.7. The minimum Gasteiger partial charge on any atom is -0.353 e. The minimum absolute atomic E-state index is 0. The van der Waals surface area contributed by atoms with E-state index in [9.17, 15) is 22.8 Å². The molecule has 2 atom stereocenters. The van der Waals surface area contributed by atoms with Crippen LogP contribution in [0.3, 0.4) is 0 Å². The van der Waals surface area contributed by atoms with Gasteiger partial charge in [-0.3, -0.25) is 9.59 Å². The van der Waals surface area contributed by atoms with E-state index in [-0.39, 0.29) is 108 Å². The lowest BCUT2D eigenvalue weighted by molar-refractivity contribution is -0.130. The fourth-order valence-corrected chi connectivity index (χ4v) is 5.60. The van der Waals surface area contributed by atoms with Crippen LogP contribution in [-0.4, -0.2) is 47.8 Å². The number of hydrogen-bond acceptors (Lipinski definition) is 3. The molecule has 5 nitrogen and oxygen atoms in total. The van der Waals surface area contributed by atoms with Crippen molar-refractivity contribution in [3.8, 4) is 0 Å². The van der Waals surface area contributed by atoms with E-state index in [2.05, 4.69) is 22.5 Å². The Labute approximate surface area is 256 Å². The number of nitrogens with one attached hydrogen (secondary N) is 2. The van der Waals surface area contributed by atoms with E-state index in [1.165, 1.54) is 12.1 Å². The maximum absolute atomic E-state index is 13.6. The highest BCUT2D eigenvalue weighted by Gasteiger charge is 2.38. The molecule has 1 saturated carbocycles. The topological polar surface area (TPSA) is 61.4 Å². The number of carbonyl (C=O) groups is 2. The van der Waals surface area contributed by atoms with E-state index in [0.29, 0.717) is 6.42 Å². The number of carbonyl (C=O) groups excluding carboxylic acids is 2. The Morgan fingerprint density at radius 1 is 0.951 bits per heavy atom. The summed E-state index contributed by atoms with van der Waals surface area (Å²) in [7, 11) is 0. The van der Waals surface area contributed by atoms with Crippen LogP contribution in [0.15, 0.2) is 54.6 Å². The van der Waals surface area contributed by atoms with Gasteiger partial charge in [0.1, 0.15) is 5.82 Å². The Bertz CT molecular complexity index is 1060. The quantitative estimate of drug-likeness (QED) is 0.351. The third-order valence-corrected chi connectivity index (χ3v) is 7.98. The molecule has 2 aromatic rings. The van der Waals surface area contributed by atoms with Gasteiger partial charge in [-0.2, -0.15) is 27.0 Å². The van der Waals surface area contributed by atoms with Crippen LogP contribution in [0.1, 0.15) is 76.5 Å². The number of nitrogens with zero attached hydrogens (tertiary/aromatic N) is 1. The molecule has 1 aliphatic carbocycles. The van der Waals surface area contributed by atoms with Crippen molar-refractivity contribution >= 4 is 38.8 Å². The minimum atomic E-state index is -2.66. The van der Waals surface area contributed by atoms with Crippen LogP contribution < -0.4 is 10.6 Å². The zero-order chi connectivity index (χ0) is 27.1. The highest BCUT2D eigenvalue weighted by molar-refractivity contribution is 7.59. The summed E-state index contributed by atoms with van der Waals surface area (Å²) in [4.78, 5) is 27.8. The van der Waals surface area contributed by atoms with Crippen molar-refractivity contribution in [3.63, 3.8) is 0 Å². The molecule has 2 N–H and O–H groups in total. The fraction of sp³-hybridized carbons (Fsp3) is 0.548. The Balaban J connectivity index is 0.00000280. The lowest BCUT2D eigenvalue weighted by Gasteiger charge is -2.38. The van der Waals surface area contributed by atoms with E-state index in [4.69, 9.17) is 0 Å². The van der Waals surface area contributed by atoms with Gasteiger partial charge in [-0.25, -0.2) is 13.2 Å². The molecule has 2 amide bonds. The second kappa shape index (κ2) is 17.1. The van der Waals surface area contributed by atoms with Crippen molar-refractivity contribution in [1.29, 1.82) is 0 Å². The second-order valence-electron chi connectivity index (χ2n) is 10.9. The summed E-state index contributed by atoms with van der Waals surface area (Å²) < 4.78 is 40.3. The number of hydrogen-bond donors (Lipinski definition) is 2. The predicted octanol–water partition coefficient (Wildman–Crippen LogP) is 6.27. The lowest BCUT2D eigenvalue weighted by atomic mass is 9.85. The van der Waals surface area contributed by atoms with Crippen LogP contribution in [0.2, 0.25) is 0 Å². The molecule has 0 aromatic heterocycles. The van der Waals surface area contributed by atoms with Gasteiger partial charge in [-0.05, 0) is 62.3 Å². The summed E-state index contributed by atoms with van der Waals surface area (Å²) in [6, 6.07) is 15.9. The molecule has 2 aliphatic rings. The molecule has 41 heavy (non-hydrogen) atoms. The van der Waals surface area contributed by atoms with Crippen LogP contribution in [-0.2, 0) is 16.0 Å². The summed E-state index contributed by atoms with van der Waals surface area (Å²) in [6.45, 7) is 3.81. The Kier molecular flexibility index (Phi) is 15.3.